The lowest BCUT2D eigenvalue weighted by atomic mass is 10.1. The van der Waals surface area contributed by atoms with Crippen molar-refractivity contribution in [2.24, 2.45) is 0 Å². The van der Waals surface area contributed by atoms with Crippen LogP contribution >= 0.6 is 0 Å². The first kappa shape index (κ1) is 18.2. The van der Waals surface area contributed by atoms with Crippen molar-refractivity contribution in [3.05, 3.63) is 65.7 Å². The van der Waals surface area contributed by atoms with Crippen LogP contribution in [-0.4, -0.2) is 62.1 Å². The summed E-state index contributed by atoms with van der Waals surface area (Å²) in [6, 6.07) is 18.8. The molecule has 0 amide bonds. The van der Waals surface area contributed by atoms with Crippen molar-refractivity contribution in [3.63, 3.8) is 0 Å². The molecule has 0 spiro atoms. The number of piperazine rings is 1. The Kier molecular flexibility index (Phi) is 5.53. The van der Waals surface area contributed by atoms with Gasteiger partial charge in [0.25, 0.3) is 0 Å². The Morgan fingerprint density at radius 1 is 1.04 bits per heavy atom. The molecule has 2 saturated heterocycles. The lowest BCUT2D eigenvalue weighted by Gasteiger charge is -2.34. The number of aldehydes is 1. The number of benzene rings is 2. The van der Waals surface area contributed by atoms with Crippen LogP contribution in [-0.2, 0) is 16.1 Å². The van der Waals surface area contributed by atoms with E-state index in [0.29, 0.717) is 6.54 Å². The van der Waals surface area contributed by atoms with E-state index in [4.69, 9.17) is 4.74 Å². The lowest BCUT2D eigenvalue weighted by molar-refractivity contribution is -0.123. The van der Waals surface area contributed by atoms with E-state index in [1.165, 1.54) is 11.3 Å². The van der Waals surface area contributed by atoms with Gasteiger partial charge in [0.2, 0.25) is 0 Å². The van der Waals surface area contributed by atoms with Gasteiger partial charge < -0.3 is 14.5 Å². The molecule has 142 valence electrons. The highest BCUT2D eigenvalue weighted by Crippen LogP contribution is 2.29. The minimum Gasteiger partial charge on any atom is -0.369 e. The minimum absolute atomic E-state index is 0.0535. The summed E-state index contributed by atoms with van der Waals surface area (Å²) in [5, 5.41) is 0. The second-order valence-electron chi connectivity index (χ2n) is 7.45. The molecule has 4 rings (SSSR count). The molecule has 2 fully saturated rings. The highest BCUT2D eigenvalue weighted by molar-refractivity contribution is 5.56. The molecule has 2 atom stereocenters. The van der Waals surface area contributed by atoms with Gasteiger partial charge in [-0.25, -0.2) is 0 Å². The summed E-state index contributed by atoms with van der Waals surface area (Å²) < 4.78 is 5.98. The average molecular weight is 365 g/mol. The number of ether oxygens (including phenoxy) is 1. The topological polar surface area (TPSA) is 36.0 Å². The van der Waals surface area contributed by atoms with Gasteiger partial charge in [-0.1, -0.05) is 42.5 Å². The molecule has 2 heterocycles. The largest absolute Gasteiger partial charge is 0.369 e. The van der Waals surface area contributed by atoms with E-state index in [0.717, 1.165) is 44.6 Å². The Hall–Kier alpha value is -2.21. The van der Waals surface area contributed by atoms with Crippen molar-refractivity contribution in [1.82, 2.24) is 9.80 Å². The summed E-state index contributed by atoms with van der Waals surface area (Å²) in [6.07, 6.45) is 0.373. The van der Waals surface area contributed by atoms with Crippen molar-refractivity contribution < 1.29 is 9.53 Å². The number of likely N-dealkylation sites (N-methyl/N-ethyl adjacent to an activating group) is 1. The molecule has 1 unspecified atom stereocenters. The van der Waals surface area contributed by atoms with Gasteiger partial charge in [-0.05, 0) is 30.3 Å². The van der Waals surface area contributed by atoms with Crippen molar-refractivity contribution in [1.29, 1.82) is 0 Å². The van der Waals surface area contributed by atoms with Gasteiger partial charge in [-0.15, -0.1) is 0 Å². The zero-order chi connectivity index (χ0) is 18.6. The molecule has 0 radical (unpaired) electrons. The molecule has 0 saturated carbocycles. The zero-order valence-corrected chi connectivity index (χ0v) is 15.8. The monoisotopic (exact) mass is 365 g/mol. The standard InChI is InChI=1S/C22H27N3O2/c1-23-10-12-24(13-11-23)20-9-5-6-18(14-20)15-25-16-21(27-22(25)17-26)19-7-3-2-4-8-19/h2-9,14,17,21-22H,10-13,15-16H2,1H3/t21-,22?/m0/s1. The smallest absolute Gasteiger partial charge is 0.168 e. The highest BCUT2D eigenvalue weighted by atomic mass is 16.5. The first-order valence-electron chi connectivity index (χ1n) is 9.65. The Bertz CT molecular complexity index is 759. The second kappa shape index (κ2) is 8.21. The molecule has 0 N–H and O–H groups in total. The normalized spacial score (nSPS) is 24.3. The molecule has 0 bridgehead atoms. The maximum absolute atomic E-state index is 11.6. The summed E-state index contributed by atoms with van der Waals surface area (Å²) in [5.41, 5.74) is 3.61. The summed E-state index contributed by atoms with van der Waals surface area (Å²) >= 11 is 0. The van der Waals surface area contributed by atoms with Crippen LogP contribution < -0.4 is 4.90 Å². The Morgan fingerprint density at radius 2 is 1.81 bits per heavy atom. The molecule has 27 heavy (non-hydrogen) atoms. The van der Waals surface area contributed by atoms with Crippen LogP contribution in [0.2, 0.25) is 0 Å². The van der Waals surface area contributed by atoms with Gasteiger partial charge in [-0.3, -0.25) is 9.69 Å². The van der Waals surface area contributed by atoms with Gasteiger partial charge in [-0.2, -0.15) is 0 Å². The minimum atomic E-state index is -0.484. The van der Waals surface area contributed by atoms with Crippen LogP contribution in [0.15, 0.2) is 54.6 Å². The summed E-state index contributed by atoms with van der Waals surface area (Å²) in [5.74, 6) is 0. The Labute approximate surface area is 161 Å². The van der Waals surface area contributed by atoms with Gasteiger partial charge in [0.05, 0.1) is 6.10 Å². The van der Waals surface area contributed by atoms with Crippen LogP contribution in [0.3, 0.4) is 0 Å². The summed E-state index contributed by atoms with van der Waals surface area (Å²) in [4.78, 5) is 18.5. The van der Waals surface area contributed by atoms with Crippen LogP contribution in [0.25, 0.3) is 0 Å². The van der Waals surface area contributed by atoms with E-state index in [1.54, 1.807) is 0 Å². The number of carbonyl (C=O) groups excluding carboxylic acids is 1. The van der Waals surface area contributed by atoms with E-state index in [9.17, 15) is 4.79 Å². The SMILES string of the molecule is CN1CCN(c2cccc(CN3C[C@@H](c4ccccc4)OC3C=O)c2)CC1. The van der Waals surface area contributed by atoms with Gasteiger partial charge >= 0.3 is 0 Å². The maximum atomic E-state index is 11.6. The third kappa shape index (κ3) is 4.21. The fourth-order valence-corrected chi connectivity index (χ4v) is 3.89. The highest BCUT2D eigenvalue weighted by Gasteiger charge is 2.33. The number of anilines is 1. The lowest BCUT2D eigenvalue weighted by Crippen LogP contribution is -2.44. The second-order valence-corrected chi connectivity index (χ2v) is 7.45. The number of hydrogen-bond acceptors (Lipinski definition) is 5. The first-order chi connectivity index (χ1) is 13.2. The Balaban J connectivity index is 1.45. The third-order valence-electron chi connectivity index (χ3n) is 5.52. The molecule has 2 aliphatic rings. The van der Waals surface area contributed by atoms with Gasteiger partial charge in [0.15, 0.2) is 12.5 Å². The molecule has 2 aromatic carbocycles. The molecule has 0 aromatic heterocycles. The number of carbonyl (C=O) groups is 1. The van der Waals surface area contributed by atoms with Crippen LogP contribution in [0, 0.1) is 0 Å². The first-order valence-corrected chi connectivity index (χ1v) is 9.65. The molecule has 2 aliphatic heterocycles. The molecular weight excluding hydrogens is 338 g/mol. The number of rotatable bonds is 5. The quantitative estimate of drug-likeness (QED) is 0.761. The fraction of sp³-hybridized carbons (Fsp3) is 0.409. The van der Waals surface area contributed by atoms with E-state index < -0.39 is 6.23 Å². The fourth-order valence-electron chi connectivity index (χ4n) is 3.89. The molecule has 0 aliphatic carbocycles. The van der Waals surface area contributed by atoms with Crippen molar-refractivity contribution in [2.75, 3.05) is 44.7 Å². The predicted molar refractivity (Wildman–Crippen MR) is 107 cm³/mol. The van der Waals surface area contributed by atoms with Gasteiger partial charge in [0.1, 0.15) is 0 Å². The average Bonchev–Trinajstić information content (AvgIpc) is 3.12. The summed E-state index contributed by atoms with van der Waals surface area (Å²) in [7, 11) is 2.17. The van der Waals surface area contributed by atoms with E-state index in [2.05, 4.69) is 58.1 Å². The molecule has 5 nitrogen and oxygen atoms in total. The zero-order valence-electron chi connectivity index (χ0n) is 15.8. The van der Waals surface area contributed by atoms with Crippen molar-refractivity contribution in [3.8, 4) is 0 Å². The Morgan fingerprint density at radius 3 is 2.56 bits per heavy atom. The summed E-state index contributed by atoms with van der Waals surface area (Å²) in [6.45, 7) is 5.74. The van der Waals surface area contributed by atoms with E-state index in [1.807, 2.05) is 18.2 Å². The number of nitrogens with zero attached hydrogens (tertiary/aromatic N) is 3. The van der Waals surface area contributed by atoms with E-state index in [-0.39, 0.29) is 6.10 Å². The third-order valence-corrected chi connectivity index (χ3v) is 5.52. The molecule has 2 aromatic rings. The van der Waals surface area contributed by atoms with Crippen LogP contribution in [0.5, 0.6) is 0 Å². The van der Waals surface area contributed by atoms with Gasteiger partial charge in [0, 0.05) is 45.0 Å². The predicted octanol–water partition coefficient (Wildman–Crippen LogP) is 2.54. The molecule has 5 heteroatoms. The van der Waals surface area contributed by atoms with Crippen LogP contribution in [0.4, 0.5) is 5.69 Å². The van der Waals surface area contributed by atoms with Crippen molar-refractivity contribution >= 4 is 12.0 Å². The maximum Gasteiger partial charge on any atom is 0.168 e. The van der Waals surface area contributed by atoms with Crippen LogP contribution in [0.1, 0.15) is 17.2 Å². The molecular formula is C22H27N3O2. The van der Waals surface area contributed by atoms with E-state index >= 15 is 0 Å². The van der Waals surface area contributed by atoms with Crippen molar-refractivity contribution in [2.45, 2.75) is 18.9 Å². The number of hydrogen-bond donors (Lipinski definition) is 0.